The minimum atomic E-state index is -1.00. The number of fused-ring (bicyclic) bond motifs is 3. The standard InChI is InChI=1S/C12H9F2NO2/c13-9-3-7-6-1-2-17-5-11(6)15-12(16)8(7)4-10(9)14/h3-4H,1-2,5H2,(H,15,16). The van der Waals surface area contributed by atoms with Gasteiger partial charge in [-0.3, -0.25) is 4.79 Å². The fourth-order valence-corrected chi connectivity index (χ4v) is 2.18. The number of H-pyrrole nitrogens is 1. The molecule has 0 saturated heterocycles. The van der Waals surface area contributed by atoms with Crippen molar-refractivity contribution in [2.24, 2.45) is 0 Å². The Kier molecular flexibility index (Phi) is 2.22. The number of hydrogen-bond acceptors (Lipinski definition) is 2. The summed E-state index contributed by atoms with van der Waals surface area (Å²) in [6.07, 6.45) is 0.591. The van der Waals surface area contributed by atoms with E-state index in [9.17, 15) is 13.6 Å². The van der Waals surface area contributed by atoms with Gasteiger partial charge in [0, 0.05) is 5.69 Å². The van der Waals surface area contributed by atoms with Crippen molar-refractivity contribution in [3.63, 3.8) is 0 Å². The predicted octanol–water partition coefficient (Wildman–Crippen LogP) is 1.88. The van der Waals surface area contributed by atoms with Gasteiger partial charge in [-0.1, -0.05) is 0 Å². The SMILES string of the molecule is O=c1[nH]c2c(c3cc(F)c(F)cc13)CCOC2. The Morgan fingerprint density at radius 3 is 2.65 bits per heavy atom. The molecule has 1 aromatic carbocycles. The van der Waals surface area contributed by atoms with Gasteiger partial charge in [0.1, 0.15) is 0 Å². The van der Waals surface area contributed by atoms with E-state index in [2.05, 4.69) is 4.98 Å². The molecule has 0 unspecified atom stereocenters. The maximum Gasteiger partial charge on any atom is 0.256 e. The van der Waals surface area contributed by atoms with Crippen LogP contribution in [0.25, 0.3) is 10.8 Å². The molecule has 2 aromatic rings. The summed E-state index contributed by atoms with van der Waals surface area (Å²) < 4.78 is 31.6. The lowest BCUT2D eigenvalue weighted by molar-refractivity contribution is 0.108. The smallest absolute Gasteiger partial charge is 0.256 e. The number of hydrogen-bond donors (Lipinski definition) is 1. The number of rotatable bonds is 0. The lowest BCUT2D eigenvalue weighted by Gasteiger charge is -2.17. The molecule has 3 rings (SSSR count). The van der Waals surface area contributed by atoms with Crippen molar-refractivity contribution in [2.45, 2.75) is 13.0 Å². The lowest BCUT2D eigenvalue weighted by Crippen LogP contribution is -2.19. The van der Waals surface area contributed by atoms with Gasteiger partial charge >= 0.3 is 0 Å². The van der Waals surface area contributed by atoms with Crippen molar-refractivity contribution in [3.8, 4) is 0 Å². The highest BCUT2D eigenvalue weighted by molar-refractivity contribution is 5.85. The van der Waals surface area contributed by atoms with E-state index in [1.807, 2.05) is 0 Å². The molecule has 1 aliphatic rings. The molecule has 0 fully saturated rings. The van der Waals surface area contributed by atoms with Gasteiger partial charge in [0.05, 0.1) is 18.6 Å². The zero-order valence-corrected chi connectivity index (χ0v) is 8.85. The number of halogens is 2. The van der Waals surface area contributed by atoms with E-state index >= 15 is 0 Å². The monoisotopic (exact) mass is 237 g/mol. The van der Waals surface area contributed by atoms with Gasteiger partial charge in [-0.2, -0.15) is 0 Å². The number of aromatic nitrogens is 1. The zero-order valence-electron chi connectivity index (χ0n) is 8.85. The lowest BCUT2D eigenvalue weighted by atomic mass is 10.0. The summed E-state index contributed by atoms with van der Waals surface area (Å²) in [5.74, 6) is -1.94. The second-order valence-electron chi connectivity index (χ2n) is 4.03. The van der Waals surface area contributed by atoms with E-state index in [-0.39, 0.29) is 5.39 Å². The summed E-state index contributed by atoms with van der Waals surface area (Å²) in [6, 6.07) is 2.03. The van der Waals surface area contributed by atoms with E-state index in [0.717, 1.165) is 17.7 Å². The molecule has 0 amide bonds. The fourth-order valence-electron chi connectivity index (χ4n) is 2.18. The van der Waals surface area contributed by atoms with Crippen molar-refractivity contribution in [3.05, 3.63) is 45.4 Å². The van der Waals surface area contributed by atoms with Gasteiger partial charge in [0.2, 0.25) is 0 Å². The molecular weight excluding hydrogens is 228 g/mol. The molecule has 0 radical (unpaired) electrons. The first kappa shape index (κ1) is 10.4. The summed E-state index contributed by atoms with van der Waals surface area (Å²) >= 11 is 0. The first-order valence-corrected chi connectivity index (χ1v) is 5.27. The zero-order chi connectivity index (χ0) is 12.0. The molecule has 2 heterocycles. The second kappa shape index (κ2) is 3.63. The van der Waals surface area contributed by atoms with Crippen LogP contribution in [-0.2, 0) is 17.8 Å². The Balaban J connectivity index is 2.44. The molecule has 0 aliphatic carbocycles. The first-order valence-electron chi connectivity index (χ1n) is 5.27. The highest BCUT2D eigenvalue weighted by atomic mass is 19.2. The summed E-state index contributed by atoms with van der Waals surface area (Å²) in [5.41, 5.74) is 1.08. The van der Waals surface area contributed by atoms with Crippen molar-refractivity contribution < 1.29 is 13.5 Å². The molecule has 88 valence electrons. The third-order valence-electron chi connectivity index (χ3n) is 3.00. The number of pyridine rings is 1. The molecule has 1 N–H and O–H groups in total. The number of ether oxygens (including phenoxy) is 1. The van der Waals surface area contributed by atoms with Crippen LogP contribution in [0.3, 0.4) is 0 Å². The Morgan fingerprint density at radius 2 is 1.88 bits per heavy atom. The minimum absolute atomic E-state index is 0.185. The normalized spacial score (nSPS) is 14.9. The molecule has 0 saturated carbocycles. The van der Waals surface area contributed by atoms with Crippen molar-refractivity contribution >= 4 is 10.8 Å². The van der Waals surface area contributed by atoms with Gasteiger partial charge in [-0.15, -0.1) is 0 Å². The maximum absolute atomic E-state index is 13.2. The van der Waals surface area contributed by atoms with Gasteiger partial charge < -0.3 is 9.72 Å². The predicted molar refractivity (Wildman–Crippen MR) is 57.8 cm³/mol. The first-order chi connectivity index (χ1) is 8.16. The Morgan fingerprint density at radius 1 is 1.18 bits per heavy atom. The average molecular weight is 237 g/mol. The second-order valence-corrected chi connectivity index (χ2v) is 4.03. The highest BCUT2D eigenvalue weighted by Crippen LogP contribution is 2.24. The van der Waals surface area contributed by atoms with E-state index in [1.54, 1.807) is 0 Å². The van der Waals surface area contributed by atoms with Gasteiger partial charge in [-0.25, -0.2) is 8.78 Å². The van der Waals surface area contributed by atoms with Crippen LogP contribution in [0.1, 0.15) is 11.3 Å². The minimum Gasteiger partial charge on any atom is -0.375 e. The molecule has 5 heteroatoms. The number of aromatic amines is 1. The Labute approximate surface area is 95.0 Å². The molecule has 1 aliphatic heterocycles. The summed E-state index contributed by atoms with van der Waals surface area (Å²) in [6.45, 7) is 0.826. The molecule has 3 nitrogen and oxygen atoms in total. The largest absolute Gasteiger partial charge is 0.375 e. The third-order valence-corrected chi connectivity index (χ3v) is 3.00. The topological polar surface area (TPSA) is 42.1 Å². The van der Waals surface area contributed by atoms with Crippen LogP contribution in [0, 0.1) is 11.6 Å². The molecule has 0 spiro atoms. The van der Waals surface area contributed by atoms with Crippen LogP contribution in [0.4, 0.5) is 8.78 Å². The average Bonchev–Trinajstić information content (AvgIpc) is 2.32. The Bertz CT molecular complexity index is 664. The van der Waals surface area contributed by atoms with Crippen LogP contribution in [0.15, 0.2) is 16.9 Å². The summed E-state index contributed by atoms with van der Waals surface area (Å²) in [7, 11) is 0. The molecule has 0 bridgehead atoms. The van der Waals surface area contributed by atoms with E-state index in [1.165, 1.54) is 0 Å². The van der Waals surface area contributed by atoms with Crippen molar-refractivity contribution in [1.82, 2.24) is 4.98 Å². The van der Waals surface area contributed by atoms with Crippen LogP contribution in [-0.4, -0.2) is 11.6 Å². The quantitative estimate of drug-likeness (QED) is 0.760. The fraction of sp³-hybridized carbons (Fsp3) is 0.250. The highest BCUT2D eigenvalue weighted by Gasteiger charge is 2.17. The van der Waals surface area contributed by atoms with E-state index in [0.29, 0.717) is 30.7 Å². The summed E-state index contributed by atoms with van der Waals surface area (Å²) in [5, 5.41) is 0.663. The maximum atomic E-state index is 13.2. The summed E-state index contributed by atoms with van der Waals surface area (Å²) in [4.78, 5) is 14.4. The molecular formula is C12H9F2NO2. The number of nitrogens with one attached hydrogen (secondary N) is 1. The van der Waals surface area contributed by atoms with Crippen molar-refractivity contribution in [2.75, 3.05) is 6.61 Å². The van der Waals surface area contributed by atoms with Gasteiger partial charge in [-0.05, 0) is 29.5 Å². The van der Waals surface area contributed by atoms with Crippen LogP contribution in [0.5, 0.6) is 0 Å². The van der Waals surface area contributed by atoms with Crippen molar-refractivity contribution in [1.29, 1.82) is 0 Å². The van der Waals surface area contributed by atoms with E-state index < -0.39 is 17.2 Å². The third kappa shape index (κ3) is 1.54. The Hall–Kier alpha value is -1.75. The number of benzene rings is 1. The van der Waals surface area contributed by atoms with Crippen LogP contribution < -0.4 is 5.56 Å². The van der Waals surface area contributed by atoms with Gasteiger partial charge in [0.15, 0.2) is 11.6 Å². The van der Waals surface area contributed by atoms with Crippen LogP contribution in [0.2, 0.25) is 0 Å². The van der Waals surface area contributed by atoms with Gasteiger partial charge in [0.25, 0.3) is 5.56 Å². The molecule has 1 aromatic heterocycles. The van der Waals surface area contributed by atoms with Crippen LogP contribution >= 0.6 is 0 Å². The molecule has 17 heavy (non-hydrogen) atoms. The van der Waals surface area contributed by atoms with E-state index in [4.69, 9.17) is 4.74 Å². The molecule has 0 atom stereocenters.